The van der Waals surface area contributed by atoms with Crippen molar-refractivity contribution in [3.63, 3.8) is 0 Å². The third kappa shape index (κ3) is 5.06. The van der Waals surface area contributed by atoms with Gasteiger partial charge in [-0.2, -0.15) is 0 Å². The molecule has 290 valence electrons. The number of aromatic amines is 1. The van der Waals surface area contributed by atoms with Crippen molar-refractivity contribution in [3.05, 3.63) is 223 Å². The van der Waals surface area contributed by atoms with Crippen molar-refractivity contribution in [2.45, 2.75) is 0 Å². The van der Waals surface area contributed by atoms with E-state index < -0.39 is 0 Å². The minimum Gasteiger partial charge on any atom is -0.320 e. The van der Waals surface area contributed by atoms with Crippen LogP contribution >= 0.6 is 0 Å². The van der Waals surface area contributed by atoms with Gasteiger partial charge in [0, 0.05) is 60.3 Å². The van der Waals surface area contributed by atoms with Crippen LogP contribution in [0.1, 0.15) is 0 Å². The van der Waals surface area contributed by atoms with Crippen LogP contribution in [0.5, 0.6) is 0 Å². The lowest BCUT2D eigenvalue weighted by Gasteiger charge is -2.09. The zero-order valence-corrected chi connectivity index (χ0v) is 33.5. The average Bonchev–Trinajstić information content (AvgIpc) is 3.98. The smallest absolute Gasteiger partial charge is 0.273 e. The summed E-state index contributed by atoms with van der Waals surface area (Å²) in [5, 5.41) is 7.79. The Balaban J connectivity index is 1.04. The maximum absolute atomic E-state index is 14.4. The number of pyridine rings is 1. The average molecular weight is 793 g/mol. The molecule has 4 heterocycles. The standard InChI is InChI=1S/C57H36N4O/c62-57-56-55(47-34-36(24-28-49(47)58-57)37-25-29-52-45(32-37)43-20-10-12-22-50(43)59(52)40-14-4-1-5-15-40)48-35-39(27-31-54(48)61(56)42-18-8-3-9-19-42)38-26-30-53-46(33-38)44-21-11-13-23-51(44)60(53)41-16-6-2-7-17-41/h1-35H,(H,58,62). The summed E-state index contributed by atoms with van der Waals surface area (Å²) in [7, 11) is 0. The molecule has 13 aromatic rings. The summed E-state index contributed by atoms with van der Waals surface area (Å²) < 4.78 is 6.82. The minimum absolute atomic E-state index is 0.118. The molecule has 0 aliphatic rings. The molecule has 0 radical (unpaired) electrons. The first-order valence-corrected chi connectivity index (χ1v) is 21.1. The van der Waals surface area contributed by atoms with Gasteiger partial charge in [0.15, 0.2) is 0 Å². The molecule has 9 aromatic carbocycles. The summed E-state index contributed by atoms with van der Waals surface area (Å²) in [5.41, 5.74) is 14.6. The molecule has 0 unspecified atom stereocenters. The first-order chi connectivity index (χ1) is 30.7. The lowest BCUT2D eigenvalue weighted by molar-refractivity contribution is 1.15. The summed E-state index contributed by atoms with van der Waals surface area (Å²) in [5.74, 6) is 0. The molecule has 0 amide bonds. The van der Waals surface area contributed by atoms with E-state index in [4.69, 9.17) is 0 Å². The van der Waals surface area contributed by atoms with E-state index in [2.05, 4.69) is 213 Å². The number of rotatable bonds is 5. The van der Waals surface area contributed by atoms with Gasteiger partial charge in [0.05, 0.1) is 27.6 Å². The summed E-state index contributed by atoms with van der Waals surface area (Å²) in [6, 6.07) is 75.3. The fourth-order valence-electron chi connectivity index (χ4n) is 10.0. The van der Waals surface area contributed by atoms with Gasteiger partial charge in [-0.1, -0.05) is 115 Å². The van der Waals surface area contributed by atoms with E-state index in [1.54, 1.807) is 0 Å². The van der Waals surface area contributed by atoms with Gasteiger partial charge in [-0.3, -0.25) is 4.79 Å². The van der Waals surface area contributed by atoms with Gasteiger partial charge in [-0.15, -0.1) is 0 Å². The number of hydrogen-bond donors (Lipinski definition) is 1. The molecule has 0 aliphatic carbocycles. The fourth-order valence-corrected chi connectivity index (χ4v) is 10.0. The van der Waals surface area contributed by atoms with Crippen LogP contribution in [0.2, 0.25) is 0 Å². The van der Waals surface area contributed by atoms with Crippen LogP contribution in [-0.4, -0.2) is 18.7 Å². The zero-order chi connectivity index (χ0) is 40.9. The molecule has 13 rings (SSSR count). The van der Waals surface area contributed by atoms with Crippen molar-refractivity contribution in [1.82, 2.24) is 18.7 Å². The maximum atomic E-state index is 14.4. The lowest BCUT2D eigenvalue weighted by Crippen LogP contribution is -2.10. The molecule has 0 spiro atoms. The van der Waals surface area contributed by atoms with Gasteiger partial charge in [0.25, 0.3) is 5.56 Å². The van der Waals surface area contributed by atoms with E-state index in [-0.39, 0.29) is 5.56 Å². The molecule has 0 fully saturated rings. The highest BCUT2D eigenvalue weighted by atomic mass is 16.1. The largest absolute Gasteiger partial charge is 0.320 e. The van der Waals surface area contributed by atoms with Crippen LogP contribution in [0.15, 0.2) is 217 Å². The van der Waals surface area contributed by atoms with Gasteiger partial charge in [0.1, 0.15) is 5.52 Å². The summed E-state index contributed by atoms with van der Waals surface area (Å²) in [6.07, 6.45) is 0. The van der Waals surface area contributed by atoms with E-state index in [0.717, 1.165) is 77.5 Å². The molecule has 62 heavy (non-hydrogen) atoms. The Morgan fingerprint density at radius 2 is 0.677 bits per heavy atom. The van der Waals surface area contributed by atoms with Crippen LogP contribution in [-0.2, 0) is 0 Å². The molecule has 0 atom stereocenters. The molecule has 0 bridgehead atoms. The van der Waals surface area contributed by atoms with Crippen molar-refractivity contribution < 1.29 is 0 Å². The Bertz CT molecular complexity index is 3980. The number of nitrogens with one attached hydrogen (secondary N) is 1. The van der Waals surface area contributed by atoms with Crippen molar-refractivity contribution in [3.8, 4) is 39.3 Å². The molecular weight excluding hydrogens is 757 g/mol. The number of hydrogen-bond acceptors (Lipinski definition) is 1. The number of H-pyrrole nitrogens is 1. The normalized spacial score (nSPS) is 11.9. The van der Waals surface area contributed by atoms with E-state index in [0.29, 0.717) is 5.52 Å². The second-order valence-corrected chi connectivity index (χ2v) is 16.2. The Hall–Kier alpha value is -8.41. The Kier molecular flexibility index (Phi) is 7.39. The highest BCUT2D eigenvalue weighted by Crippen LogP contribution is 2.41. The molecule has 0 saturated carbocycles. The van der Waals surface area contributed by atoms with E-state index in [1.165, 1.54) is 32.6 Å². The molecule has 4 aromatic heterocycles. The van der Waals surface area contributed by atoms with Gasteiger partial charge >= 0.3 is 0 Å². The highest BCUT2D eigenvalue weighted by Gasteiger charge is 2.21. The Morgan fingerprint density at radius 3 is 1.18 bits per heavy atom. The Labute approximate surface area is 355 Å². The van der Waals surface area contributed by atoms with Gasteiger partial charge in [-0.05, 0) is 119 Å². The van der Waals surface area contributed by atoms with Gasteiger partial charge < -0.3 is 18.7 Å². The fraction of sp³-hybridized carbons (Fsp3) is 0. The predicted octanol–water partition coefficient (Wildman–Crippen LogP) is 14.2. The summed E-state index contributed by atoms with van der Waals surface area (Å²) >= 11 is 0. The first kappa shape index (κ1) is 34.5. The molecule has 1 N–H and O–H groups in total. The predicted molar refractivity (Wildman–Crippen MR) is 258 cm³/mol. The molecular formula is C57H36N4O. The monoisotopic (exact) mass is 792 g/mol. The summed E-state index contributed by atoms with van der Waals surface area (Å²) in [6.45, 7) is 0. The van der Waals surface area contributed by atoms with Gasteiger partial charge in [0.2, 0.25) is 0 Å². The van der Waals surface area contributed by atoms with Crippen LogP contribution in [0.25, 0.3) is 116 Å². The molecule has 5 nitrogen and oxygen atoms in total. The van der Waals surface area contributed by atoms with Crippen molar-refractivity contribution in [1.29, 1.82) is 0 Å². The number of benzene rings is 9. The van der Waals surface area contributed by atoms with Crippen molar-refractivity contribution in [2.24, 2.45) is 0 Å². The van der Waals surface area contributed by atoms with Crippen molar-refractivity contribution >= 4 is 76.3 Å². The number of aromatic nitrogens is 4. The molecule has 5 heteroatoms. The third-order valence-electron chi connectivity index (χ3n) is 12.8. The third-order valence-corrected chi connectivity index (χ3v) is 12.8. The van der Waals surface area contributed by atoms with Crippen molar-refractivity contribution in [2.75, 3.05) is 0 Å². The van der Waals surface area contributed by atoms with Gasteiger partial charge in [-0.25, -0.2) is 0 Å². The second kappa shape index (κ2) is 13.3. The lowest BCUT2D eigenvalue weighted by atomic mass is 9.97. The van der Waals surface area contributed by atoms with E-state index in [9.17, 15) is 4.79 Å². The molecule has 0 aliphatic heterocycles. The maximum Gasteiger partial charge on any atom is 0.273 e. The number of nitrogens with zero attached hydrogens (tertiary/aromatic N) is 3. The quantitative estimate of drug-likeness (QED) is 0.185. The molecule has 0 saturated heterocycles. The first-order valence-electron chi connectivity index (χ1n) is 21.1. The van der Waals surface area contributed by atoms with Crippen LogP contribution in [0.3, 0.4) is 0 Å². The SMILES string of the molecule is O=c1[nH]c2ccc(-c3ccc4c(c3)c3ccccc3n4-c3ccccc3)cc2c2c3cc(-c4ccc5c(c4)c4ccccc4n5-c4ccccc4)ccc3n(-c3ccccc3)c12. The van der Waals surface area contributed by atoms with Crippen LogP contribution in [0.4, 0.5) is 0 Å². The zero-order valence-electron chi connectivity index (χ0n) is 33.5. The van der Waals surface area contributed by atoms with Crippen LogP contribution < -0.4 is 5.56 Å². The Morgan fingerprint density at radius 1 is 0.306 bits per heavy atom. The second-order valence-electron chi connectivity index (χ2n) is 16.2. The van der Waals surface area contributed by atoms with E-state index >= 15 is 0 Å². The highest BCUT2D eigenvalue weighted by molar-refractivity contribution is 6.22. The number of fused-ring (bicyclic) bond motifs is 11. The minimum atomic E-state index is -0.118. The topological polar surface area (TPSA) is 47.6 Å². The van der Waals surface area contributed by atoms with Crippen LogP contribution in [0, 0.1) is 0 Å². The van der Waals surface area contributed by atoms with E-state index in [1.807, 2.05) is 18.2 Å². The number of para-hydroxylation sites is 5. The summed E-state index contributed by atoms with van der Waals surface area (Å²) in [4.78, 5) is 17.6.